The zero-order valence-corrected chi connectivity index (χ0v) is 9.67. The Balaban J connectivity index is 2.05. The third-order valence-electron chi connectivity index (χ3n) is 2.20. The Morgan fingerprint density at radius 1 is 1.50 bits per heavy atom. The molecule has 5 heteroatoms. The molecule has 84 valence electrons. The number of rotatable bonds is 3. The molecule has 16 heavy (non-hydrogen) atoms. The zero-order valence-electron chi connectivity index (χ0n) is 8.92. The maximum Gasteiger partial charge on any atom is 0.169 e. The molecule has 0 aliphatic rings. The van der Waals surface area contributed by atoms with Crippen molar-refractivity contribution in [3.05, 3.63) is 40.7 Å². The third-order valence-corrected chi connectivity index (χ3v) is 2.43. The van der Waals surface area contributed by atoms with E-state index in [9.17, 15) is 0 Å². The van der Waals surface area contributed by atoms with E-state index in [0.29, 0.717) is 18.2 Å². The van der Waals surface area contributed by atoms with Crippen LogP contribution < -0.4 is 11.1 Å². The van der Waals surface area contributed by atoms with Crippen molar-refractivity contribution in [2.45, 2.75) is 13.5 Å². The second-order valence-corrected chi connectivity index (χ2v) is 4.00. The molecule has 2 aromatic rings. The Bertz CT molecular complexity index is 492. The summed E-state index contributed by atoms with van der Waals surface area (Å²) in [5, 5.41) is 3.88. The number of H-pyrrole nitrogens is 1. The van der Waals surface area contributed by atoms with Gasteiger partial charge in [-0.15, -0.1) is 0 Å². The van der Waals surface area contributed by atoms with Gasteiger partial charge in [0.2, 0.25) is 0 Å². The summed E-state index contributed by atoms with van der Waals surface area (Å²) >= 11 is 5.89. The molecule has 0 amide bonds. The van der Waals surface area contributed by atoms with Gasteiger partial charge in [-0.05, 0) is 24.6 Å². The monoisotopic (exact) mass is 236 g/mol. The molecular weight excluding hydrogens is 224 g/mol. The zero-order chi connectivity index (χ0) is 11.5. The second-order valence-electron chi connectivity index (χ2n) is 3.57. The molecule has 1 aromatic carbocycles. The Hall–Kier alpha value is -1.68. The first kappa shape index (κ1) is 10.8. The minimum Gasteiger partial charge on any atom is -0.382 e. The summed E-state index contributed by atoms with van der Waals surface area (Å²) in [6.07, 6.45) is 0. The number of hydrogen-bond donors (Lipinski definition) is 3. The Kier molecular flexibility index (Phi) is 3.01. The molecule has 4 nitrogen and oxygen atoms in total. The Labute approximate surface area is 98.8 Å². The fourth-order valence-corrected chi connectivity index (χ4v) is 1.69. The van der Waals surface area contributed by atoms with E-state index < -0.39 is 0 Å². The number of nitrogens with zero attached hydrogens (tertiary/aromatic N) is 1. The fourth-order valence-electron chi connectivity index (χ4n) is 1.48. The van der Waals surface area contributed by atoms with E-state index in [2.05, 4.69) is 15.3 Å². The van der Waals surface area contributed by atoms with Crippen molar-refractivity contribution in [1.29, 1.82) is 0 Å². The molecule has 4 N–H and O–H groups in total. The summed E-state index contributed by atoms with van der Waals surface area (Å²) in [4.78, 5) is 7.16. The van der Waals surface area contributed by atoms with Crippen LogP contribution in [0.1, 0.15) is 11.4 Å². The molecular formula is C11H13ClN4. The van der Waals surface area contributed by atoms with E-state index in [4.69, 9.17) is 17.3 Å². The normalized spacial score (nSPS) is 10.4. The Morgan fingerprint density at radius 3 is 2.94 bits per heavy atom. The number of anilines is 2. The van der Waals surface area contributed by atoms with Gasteiger partial charge in [0, 0.05) is 11.6 Å². The predicted octanol–water partition coefficient (Wildman–Crippen LogP) is 2.57. The van der Waals surface area contributed by atoms with Gasteiger partial charge in [-0.1, -0.05) is 23.7 Å². The van der Waals surface area contributed by atoms with Crippen LogP contribution in [0.25, 0.3) is 0 Å². The average Bonchev–Trinajstić information content (AvgIpc) is 2.54. The standard InChI is InChI=1S/C11H13ClN4/c1-7-15-10(13)11(16-7)14-6-8-3-2-4-9(12)5-8/h2-5,14H,6,13H2,1H3,(H,15,16). The van der Waals surface area contributed by atoms with E-state index in [1.54, 1.807) is 0 Å². The number of aromatic amines is 1. The molecule has 1 aromatic heterocycles. The molecule has 0 unspecified atom stereocenters. The summed E-state index contributed by atoms with van der Waals surface area (Å²) in [6.45, 7) is 2.51. The van der Waals surface area contributed by atoms with E-state index in [1.165, 1.54) is 0 Å². The van der Waals surface area contributed by atoms with Gasteiger partial charge in [-0.25, -0.2) is 4.98 Å². The number of imidazole rings is 1. The first-order chi connectivity index (χ1) is 7.65. The van der Waals surface area contributed by atoms with E-state index in [0.717, 1.165) is 16.4 Å². The average molecular weight is 237 g/mol. The first-order valence-corrected chi connectivity index (χ1v) is 5.33. The highest BCUT2D eigenvalue weighted by Crippen LogP contribution is 2.16. The highest BCUT2D eigenvalue weighted by molar-refractivity contribution is 6.30. The number of nitrogen functional groups attached to an aromatic ring is 1. The van der Waals surface area contributed by atoms with Crippen molar-refractivity contribution in [3.63, 3.8) is 0 Å². The molecule has 0 spiro atoms. The predicted molar refractivity (Wildman–Crippen MR) is 66.5 cm³/mol. The third kappa shape index (κ3) is 2.46. The molecule has 0 aliphatic heterocycles. The number of benzene rings is 1. The number of aryl methyl sites for hydroxylation is 1. The quantitative estimate of drug-likeness (QED) is 0.767. The fraction of sp³-hybridized carbons (Fsp3) is 0.182. The SMILES string of the molecule is Cc1nc(NCc2cccc(Cl)c2)c(N)[nH]1. The molecule has 0 saturated carbocycles. The molecule has 0 fully saturated rings. The van der Waals surface area contributed by atoms with Crippen molar-refractivity contribution < 1.29 is 0 Å². The van der Waals surface area contributed by atoms with Crippen molar-refractivity contribution in [1.82, 2.24) is 9.97 Å². The van der Waals surface area contributed by atoms with Crippen LogP contribution in [0.15, 0.2) is 24.3 Å². The molecule has 0 bridgehead atoms. The summed E-state index contributed by atoms with van der Waals surface area (Å²) in [6, 6.07) is 7.66. The highest BCUT2D eigenvalue weighted by Gasteiger charge is 2.03. The van der Waals surface area contributed by atoms with Gasteiger partial charge in [-0.2, -0.15) is 0 Å². The van der Waals surface area contributed by atoms with Crippen molar-refractivity contribution in [2.24, 2.45) is 0 Å². The van der Waals surface area contributed by atoms with Gasteiger partial charge >= 0.3 is 0 Å². The lowest BCUT2D eigenvalue weighted by Gasteiger charge is -2.04. The van der Waals surface area contributed by atoms with Gasteiger partial charge in [0.1, 0.15) is 11.6 Å². The summed E-state index contributed by atoms with van der Waals surface area (Å²) in [7, 11) is 0. The lowest BCUT2D eigenvalue weighted by molar-refractivity contribution is 1.10. The summed E-state index contributed by atoms with van der Waals surface area (Å²) in [5.74, 6) is 2.03. The van der Waals surface area contributed by atoms with Crippen LogP contribution in [0.2, 0.25) is 5.02 Å². The second kappa shape index (κ2) is 4.45. The lowest BCUT2D eigenvalue weighted by atomic mass is 10.2. The van der Waals surface area contributed by atoms with Gasteiger partial charge in [0.25, 0.3) is 0 Å². The smallest absolute Gasteiger partial charge is 0.169 e. The molecule has 0 saturated heterocycles. The molecule has 0 aliphatic carbocycles. The maximum atomic E-state index is 5.89. The number of aromatic nitrogens is 2. The Morgan fingerprint density at radius 2 is 2.31 bits per heavy atom. The first-order valence-electron chi connectivity index (χ1n) is 4.95. The van der Waals surface area contributed by atoms with Gasteiger partial charge in [-0.3, -0.25) is 0 Å². The topological polar surface area (TPSA) is 66.7 Å². The molecule has 1 heterocycles. The van der Waals surface area contributed by atoms with Crippen molar-refractivity contribution in [3.8, 4) is 0 Å². The van der Waals surface area contributed by atoms with Gasteiger partial charge in [0.05, 0.1) is 0 Å². The van der Waals surface area contributed by atoms with Crippen molar-refractivity contribution >= 4 is 23.2 Å². The minimum atomic E-state index is 0.555. The number of nitrogens with one attached hydrogen (secondary N) is 2. The van der Waals surface area contributed by atoms with E-state index >= 15 is 0 Å². The molecule has 0 atom stereocenters. The van der Waals surface area contributed by atoms with Crippen LogP contribution in [-0.2, 0) is 6.54 Å². The van der Waals surface area contributed by atoms with Crippen LogP contribution in [0, 0.1) is 6.92 Å². The summed E-state index contributed by atoms with van der Waals surface area (Å²) in [5.41, 5.74) is 6.82. The van der Waals surface area contributed by atoms with Crippen LogP contribution in [0.3, 0.4) is 0 Å². The maximum absolute atomic E-state index is 5.89. The lowest BCUT2D eigenvalue weighted by Crippen LogP contribution is -2.02. The van der Waals surface area contributed by atoms with E-state index in [-0.39, 0.29) is 0 Å². The van der Waals surface area contributed by atoms with Crippen LogP contribution in [0.4, 0.5) is 11.6 Å². The van der Waals surface area contributed by atoms with Gasteiger partial charge in [0.15, 0.2) is 5.82 Å². The van der Waals surface area contributed by atoms with Gasteiger partial charge < -0.3 is 16.0 Å². The number of hydrogen-bond acceptors (Lipinski definition) is 3. The van der Waals surface area contributed by atoms with Crippen molar-refractivity contribution in [2.75, 3.05) is 11.1 Å². The summed E-state index contributed by atoms with van der Waals surface area (Å²) < 4.78 is 0. The van der Waals surface area contributed by atoms with Crippen LogP contribution in [-0.4, -0.2) is 9.97 Å². The largest absolute Gasteiger partial charge is 0.382 e. The number of halogens is 1. The van der Waals surface area contributed by atoms with Crippen LogP contribution >= 0.6 is 11.6 Å². The highest BCUT2D eigenvalue weighted by atomic mass is 35.5. The molecule has 0 radical (unpaired) electrons. The number of nitrogens with two attached hydrogens (primary N) is 1. The van der Waals surface area contributed by atoms with E-state index in [1.807, 2.05) is 31.2 Å². The minimum absolute atomic E-state index is 0.555. The van der Waals surface area contributed by atoms with Crippen LogP contribution in [0.5, 0.6) is 0 Å². The molecule has 2 rings (SSSR count).